The van der Waals surface area contributed by atoms with E-state index in [-0.39, 0.29) is 17.6 Å². The van der Waals surface area contributed by atoms with Crippen molar-refractivity contribution in [2.45, 2.75) is 5.03 Å². The van der Waals surface area contributed by atoms with Gasteiger partial charge in [0.05, 0.1) is 0 Å². The average Bonchev–Trinajstić information content (AvgIpc) is 1.93. The van der Waals surface area contributed by atoms with Gasteiger partial charge in [-0.15, -0.1) is 22.6 Å². The summed E-state index contributed by atoms with van der Waals surface area (Å²) in [5.41, 5.74) is 5.11. The Kier molecular flexibility index (Phi) is 4.96. The Morgan fingerprint density at radius 1 is 1.50 bits per heavy atom. The molecule has 0 aliphatic heterocycles. The Balaban J connectivity index is 0.00000121. The standard InChI is InChI=1S/C5H5ClN4S.ClH/c6-3-1-2-4(10-9-3)11-5(7)8;/h1-2H,(H3,7,8);1H. The molecule has 4 nitrogen and oxygen atoms in total. The number of amidine groups is 1. The summed E-state index contributed by atoms with van der Waals surface area (Å²) in [5, 5.41) is 15.1. The van der Waals surface area contributed by atoms with E-state index in [9.17, 15) is 0 Å². The second-order valence-electron chi connectivity index (χ2n) is 1.66. The molecule has 0 saturated heterocycles. The van der Waals surface area contributed by atoms with Gasteiger partial charge < -0.3 is 5.73 Å². The second kappa shape index (κ2) is 5.18. The van der Waals surface area contributed by atoms with Crippen molar-refractivity contribution >= 4 is 40.9 Å². The Bertz CT molecular complexity index is 263. The molecule has 0 radical (unpaired) electrons. The van der Waals surface area contributed by atoms with Crippen molar-refractivity contribution in [1.82, 2.24) is 10.2 Å². The van der Waals surface area contributed by atoms with Crippen molar-refractivity contribution in [3.8, 4) is 0 Å². The summed E-state index contributed by atoms with van der Waals surface area (Å²) in [6, 6.07) is 3.25. The fraction of sp³-hybridized carbons (Fsp3) is 0. The highest BCUT2D eigenvalue weighted by Crippen LogP contribution is 2.13. The summed E-state index contributed by atoms with van der Waals surface area (Å²) in [5.74, 6) is 0. The maximum atomic E-state index is 6.93. The van der Waals surface area contributed by atoms with Crippen molar-refractivity contribution in [2.24, 2.45) is 5.73 Å². The maximum Gasteiger partial charge on any atom is 0.157 e. The Labute approximate surface area is 84.8 Å². The number of hydrogen-bond acceptors (Lipinski definition) is 4. The minimum absolute atomic E-state index is 0. The van der Waals surface area contributed by atoms with E-state index in [1.807, 2.05) is 0 Å². The zero-order valence-corrected chi connectivity index (χ0v) is 8.21. The van der Waals surface area contributed by atoms with Crippen LogP contribution in [0.3, 0.4) is 0 Å². The van der Waals surface area contributed by atoms with E-state index >= 15 is 0 Å². The molecule has 0 amide bonds. The van der Waals surface area contributed by atoms with E-state index in [4.69, 9.17) is 22.7 Å². The first-order valence-electron chi connectivity index (χ1n) is 2.69. The number of nitrogens with zero attached hydrogens (tertiary/aromatic N) is 2. The molecule has 1 aromatic heterocycles. The fourth-order valence-electron chi connectivity index (χ4n) is 0.471. The lowest BCUT2D eigenvalue weighted by Crippen LogP contribution is -2.03. The quantitative estimate of drug-likeness (QED) is 0.431. The lowest BCUT2D eigenvalue weighted by Gasteiger charge is -1.94. The number of thioether (sulfide) groups is 1. The van der Waals surface area contributed by atoms with Crippen LogP contribution < -0.4 is 5.73 Å². The van der Waals surface area contributed by atoms with Gasteiger partial charge in [-0.25, -0.2) is 0 Å². The number of hydrogen-bond donors (Lipinski definition) is 2. The molecule has 0 unspecified atom stereocenters. The lowest BCUT2D eigenvalue weighted by molar-refractivity contribution is 0.932. The summed E-state index contributed by atoms with van der Waals surface area (Å²) in [6.07, 6.45) is 0. The fourth-order valence-corrected chi connectivity index (χ4v) is 1.01. The molecule has 0 spiro atoms. The van der Waals surface area contributed by atoms with E-state index < -0.39 is 0 Å². The number of halogens is 2. The predicted molar refractivity (Wildman–Crippen MR) is 52.1 cm³/mol. The van der Waals surface area contributed by atoms with Crippen LogP contribution in [0.2, 0.25) is 5.15 Å². The number of aromatic nitrogens is 2. The summed E-state index contributed by atoms with van der Waals surface area (Å²) in [7, 11) is 0. The Hall–Kier alpha value is -0.520. The largest absolute Gasteiger partial charge is 0.378 e. The highest BCUT2D eigenvalue weighted by atomic mass is 35.5. The monoisotopic (exact) mass is 224 g/mol. The van der Waals surface area contributed by atoms with Crippen molar-refractivity contribution in [3.63, 3.8) is 0 Å². The van der Waals surface area contributed by atoms with Crippen molar-refractivity contribution in [1.29, 1.82) is 5.41 Å². The van der Waals surface area contributed by atoms with E-state index in [0.29, 0.717) is 10.2 Å². The molecular weight excluding hydrogens is 219 g/mol. The van der Waals surface area contributed by atoms with Crippen LogP contribution in [0.15, 0.2) is 17.2 Å². The van der Waals surface area contributed by atoms with E-state index in [1.165, 1.54) is 0 Å². The number of nitrogens with one attached hydrogen (secondary N) is 1. The number of nitrogens with two attached hydrogens (primary N) is 1. The van der Waals surface area contributed by atoms with Crippen LogP contribution in [-0.4, -0.2) is 15.4 Å². The van der Waals surface area contributed by atoms with Gasteiger partial charge in [0.1, 0.15) is 5.03 Å². The van der Waals surface area contributed by atoms with Crippen molar-refractivity contribution in [3.05, 3.63) is 17.3 Å². The van der Waals surface area contributed by atoms with Crippen LogP contribution in [0.25, 0.3) is 0 Å². The van der Waals surface area contributed by atoms with Gasteiger partial charge in [-0.05, 0) is 23.9 Å². The molecule has 1 rings (SSSR count). The average molecular weight is 225 g/mol. The normalized spacial score (nSPS) is 8.75. The van der Waals surface area contributed by atoms with E-state index in [1.54, 1.807) is 12.1 Å². The maximum absolute atomic E-state index is 6.93. The third-order valence-corrected chi connectivity index (χ3v) is 1.67. The van der Waals surface area contributed by atoms with Crippen LogP contribution in [0.5, 0.6) is 0 Å². The highest BCUT2D eigenvalue weighted by molar-refractivity contribution is 8.13. The molecule has 0 saturated carbocycles. The predicted octanol–water partition coefficient (Wildman–Crippen LogP) is 1.54. The first-order valence-corrected chi connectivity index (χ1v) is 3.89. The van der Waals surface area contributed by atoms with Gasteiger partial charge in [0.15, 0.2) is 10.3 Å². The summed E-state index contributed by atoms with van der Waals surface area (Å²) in [6.45, 7) is 0. The summed E-state index contributed by atoms with van der Waals surface area (Å²) < 4.78 is 0. The molecule has 0 atom stereocenters. The minimum atomic E-state index is -0.0124. The van der Waals surface area contributed by atoms with Gasteiger partial charge >= 0.3 is 0 Å². The minimum Gasteiger partial charge on any atom is -0.378 e. The van der Waals surface area contributed by atoms with Gasteiger partial charge in [-0.1, -0.05) is 11.6 Å². The molecule has 1 aromatic rings. The molecule has 1 heterocycles. The van der Waals surface area contributed by atoms with Crippen LogP contribution in [-0.2, 0) is 0 Å². The van der Waals surface area contributed by atoms with Gasteiger partial charge in [0.2, 0.25) is 0 Å². The SMILES string of the molecule is Cl.N=C(N)Sc1ccc(Cl)nn1. The Morgan fingerprint density at radius 3 is 2.58 bits per heavy atom. The first kappa shape index (κ1) is 11.5. The molecule has 0 fully saturated rings. The highest BCUT2D eigenvalue weighted by Gasteiger charge is 1.97. The molecule has 66 valence electrons. The van der Waals surface area contributed by atoms with E-state index in [2.05, 4.69) is 10.2 Å². The van der Waals surface area contributed by atoms with Gasteiger partial charge in [0.25, 0.3) is 0 Å². The third-order valence-electron chi connectivity index (χ3n) is 0.822. The Morgan fingerprint density at radius 2 is 2.17 bits per heavy atom. The van der Waals surface area contributed by atoms with Crippen molar-refractivity contribution in [2.75, 3.05) is 0 Å². The third kappa shape index (κ3) is 3.75. The molecule has 12 heavy (non-hydrogen) atoms. The molecule has 0 aliphatic rings. The van der Waals surface area contributed by atoms with Crippen molar-refractivity contribution < 1.29 is 0 Å². The molecule has 0 bridgehead atoms. The number of rotatable bonds is 1. The first-order chi connectivity index (χ1) is 5.18. The second-order valence-corrected chi connectivity index (χ2v) is 3.11. The van der Waals surface area contributed by atoms with Gasteiger partial charge in [-0.3, -0.25) is 5.41 Å². The molecule has 7 heteroatoms. The zero-order valence-electron chi connectivity index (χ0n) is 5.82. The van der Waals surface area contributed by atoms with Crippen LogP contribution in [0.1, 0.15) is 0 Å². The van der Waals surface area contributed by atoms with Crippen LogP contribution in [0, 0.1) is 5.41 Å². The molecule has 0 aromatic carbocycles. The smallest absolute Gasteiger partial charge is 0.157 e. The van der Waals surface area contributed by atoms with Gasteiger partial charge in [0, 0.05) is 0 Å². The topological polar surface area (TPSA) is 75.7 Å². The summed E-state index contributed by atoms with van der Waals surface area (Å²) in [4.78, 5) is 0. The molecule has 0 aliphatic carbocycles. The lowest BCUT2D eigenvalue weighted by atomic mass is 10.6. The van der Waals surface area contributed by atoms with E-state index in [0.717, 1.165) is 11.8 Å². The molecular formula is C5H6Cl2N4S. The zero-order chi connectivity index (χ0) is 8.27. The van der Waals surface area contributed by atoms with Crippen LogP contribution in [0.4, 0.5) is 0 Å². The van der Waals surface area contributed by atoms with Crippen LogP contribution >= 0.6 is 35.8 Å². The molecule has 3 N–H and O–H groups in total. The van der Waals surface area contributed by atoms with Gasteiger partial charge in [-0.2, -0.15) is 0 Å². The summed E-state index contributed by atoms with van der Waals surface area (Å²) >= 11 is 6.52.